The second kappa shape index (κ2) is 9.51. The van der Waals surface area contributed by atoms with E-state index in [-0.39, 0.29) is 11.7 Å². The Hall–Kier alpha value is -2.40. The zero-order valence-corrected chi connectivity index (χ0v) is 16.0. The monoisotopic (exact) mass is 370 g/mol. The van der Waals surface area contributed by atoms with Crippen LogP contribution in [-0.2, 0) is 4.79 Å². The lowest BCUT2D eigenvalue weighted by Gasteiger charge is -2.33. The average molecular weight is 370 g/mol. The Bertz CT molecular complexity index is 712. The van der Waals surface area contributed by atoms with Crippen LogP contribution in [0.3, 0.4) is 0 Å². The molecule has 0 unspecified atom stereocenters. The van der Waals surface area contributed by atoms with E-state index in [4.69, 9.17) is 0 Å². The molecule has 0 bridgehead atoms. The minimum absolute atomic E-state index is 0.120. The summed E-state index contributed by atoms with van der Waals surface area (Å²) in [6, 6.07) is 17.0. The molecular weight excluding hydrogens is 341 g/mol. The Kier molecular flexibility index (Phi) is 6.82. The fraction of sp³-hybridized carbons (Fsp3) is 0.409. The molecular formula is C22H29FN3O+. The van der Waals surface area contributed by atoms with Gasteiger partial charge in [-0.2, -0.15) is 0 Å². The zero-order chi connectivity index (χ0) is 19.1. The van der Waals surface area contributed by atoms with Crippen molar-refractivity contribution in [3.05, 3.63) is 66.0 Å². The molecule has 4 nitrogen and oxygen atoms in total. The first-order chi connectivity index (χ1) is 13.2. The summed E-state index contributed by atoms with van der Waals surface area (Å²) < 4.78 is 13.1. The van der Waals surface area contributed by atoms with Gasteiger partial charge in [-0.1, -0.05) is 37.3 Å². The van der Waals surface area contributed by atoms with Crippen LogP contribution in [0.25, 0.3) is 0 Å². The number of hydrogen-bond acceptors (Lipinski definition) is 2. The molecule has 0 aliphatic carbocycles. The number of amides is 1. The third-order valence-electron chi connectivity index (χ3n) is 5.38. The first-order valence-corrected chi connectivity index (χ1v) is 9.81. The number of piperazine rings is 1. The maximum absolute atomic E-state index is 13.1. The molecule has 2 aromatic carbocycles. The second-order valence-electron chi connectivity index (χ2n) is 7.21. The number of hydrogen-bond donors (Lipinski definition) is 2. The summed E-state index contributed by atoms with van der Waals surface area (Å²) in [4.78, 5) is 15.9. The summed E-state index contributed by atoms with van der Waals surface area (Å²) in [7, 11) is 0. The first kappa shape index (κ1) is 19.4. The van der Waals surface area contributed by atoms with Crippen LogP contribution >= 0.6 is 0 Å². The van der Waals surface area contributed by atoms with E-state index in [1.165, 1.54) is 22.6 Å². The molecule has 1 fully saturated rings. The number of nitrogens with zero attached hydrogens (tertiary/aromatic N) is 1. The van der Waals surface area contributed by atoms with Crippen molar-refractivity contribution in [3.8, 4) is 0 Å². The van der Waals surface area contributed by atoms with Gasteiger partial charge in [-0.25, -0.2) is 4.39 Å². The van der Waals surface area contributed by atoms with Crippen molar-refractivity contribution in [1.82, 2.24) is 5.32 Å². The van der Waals surface area contributed by atoms with Crippen molar-refractivity contribution < 1.29 is 14.1 Å². The van der Waals surface area contributed by atoms with E-state index in [9.17, 15) is 9.18 Å². The van der Waals surface area contributed by atoms with Crippen LogP contribution in [-0.4, -0.2) is 45.2 Å². The molecule has 5 heteroatoms. The molecule has 1 saturated heterocycles. The summed E-state index contributed by atoms with van der Waals surface area (Å²) in [6.07, 6.45) is 1.01. The summed E-state index contributed by atoms with van der Waals surface area (Å²) >= 11 is 0. The average Bonchev–Trinajstić information content (AvgIpc) is 2.70. The van der Waals surface area contributed by atoms with Gasteiger partial charge in [-0.15, -0.1) is 0 Å². The lowest BCUT2D eigenvalue weighted by molar-refractivity contribution is -0.892. The van der Waals surface area contributed by atoms with E-state index < -0.39 is 0 Å². The second-order valence-corrected chi connectivity index (χ2v) is 7.21. The zero-order valence-electron chi connectivity index (χ0n) is 16.0. The molecule has 0 radical (unpaired) electrons. The van der Waals surface area contributed by atoms with Crippen LogP contribution < -0.4 is 15.1 Å². The number of anilines is 1. The highest BCUT2D eigenvalue weighted by atomic mass is 19.1. The third-order valence-corrected chi connectivity index (χ3v) is 5.38. The molecule has 1 atom stereocenters. The van der Waals surface area contributed by atoms with Crippen molar-refractivity contribution in [2.24, 2.45) is 0 Å². The van der Waals surface area contributed by atoms with Gasteiger partial charge in [0.2, 0.25) is 0 Å². The predicted molar refractivity (Wildman–Crippen MR) is 107 cm³/mol. The number of nitrogens with one attached hydrogen (secondary N) is 2. The molecule has 0 aromatic heterocycles. The van der Waals surface area contributed by atoms with Gasteiger partial charge in [-0.05, 0) is 36.2 Å². The third kappa shape index (κ3) is 5.54. The highest BCUT2D eigenvalue weighted by Gasteiger charge is 2.22. The van der Waals surface area contributed by atoms with E-state index >= 15 is 0 Å². The van der Waals surface area contributed by atoms with E-state index in [2.05, 4.69) is 29.3 Å². The van der Waals surface area contributed by atoms with Crippen molar-refractivity contribution in [1.29, 1.82) is 0 Å². The molecule has 1 aliphatic rings. The Morgan fingerprint density at radius 3 is 2.41 bits per heavy atom. The molecule has 0 spiro atoms. The number of halogens is 1. The summed E-state index contributed by atoms with van der Waals surface area (Å²) in [5, 5.41) is 3.11. The van der Waals surface area contributed by atoms with Gasteiger partial charge in [0.15, 0.2) is 6.54 Å². The van der Waals surface area contributed by atoms with E-state index in [0.717, 1.165) is 38.3 Å². The molecule has 27 heavy (non-hydrogen) atoms. The topological polar surface area (TPSA) is 36.8 Å². The Morgan fingerprint density at radius 1 is 1.11 bits per heavy atom. The standard InChI is InChI=1S/C22H28FN3O/c1-2-18(19-6-4-3-5-7-19)16-24-22(27)17-25-12-14-26(15-13-25)21-10-8-20(23)9-11-21/h3-11,18H,2,12-17H2,1H3,(H,24,27)/p+1/t18-/m0/s1. The normalized spacial score (nSPS) is 16.1. The van der Waals surface area contributed by atoms with E-state index in [1.54, 1.807) is 0 Å². The fourth-order valence-corrected chi connectivity index (χ4v) is 3.66. The SMILES string of the molecule is CC[C@@H](CNC(=O)C[NH+]1CCN(c2ccc(F)cc2)CC1)c1ccccc1. The molecule has 1 amide bonds. The number of carbonyl (C=O) groups is 1. The van der Waals surface area contributed by atoms with Gasteiger partial charge in [0.25, 0.3) is 5.91 Å². The van der Waals surface area contributed by atoms with Crippen LogP contribution in [0, 0.1) is 5.82 Å². The number of quaternary nitrogens is 1. The van der Waals surface area contributed by atoms with Gasteiger partial charge in [0.05, 0.1) is 26.2 Å². The number of carbonyl (C=O) groups excluding carboxylic acids is 1. The van der Waals surface area contributed by atoms with Crippen molar-refractivity contribution >= 4 is 11.6 Å². The smallest absolute Gasteiger partial charge is 0.275 e. The molecule has 1 heterocycles. The lowest BCUT2D eigenvalue weighted by Crippen LogP contribution is -3.16. The van der Waals surface area contributed by atoms with Gasteiger partial charge >= 0.3 is 0 Å². The highest BCUT2D eigenvalue weighted by molar-refractivity contribution is 5.76. The first-order valence-electron chi connectivity index (χ1n) is 9.81. The van der Waals surface area contributed by atoms with Crippen LogP contribution in [0.15, 0.2) is 54.6 Å². The van der Waals surface area contributed by atoms with Crippen molar-refractivity contribution in [3.63, 3.8) is 0 Å². The maximum atomic E-state index is 13.1. The van der Waals surface area contributed by atoms with Gasteiger partial charge < -0.3 is 15.1 Å². The predicted octanol–water partition coefficient (Wildman–Crippen LogP) is 1.84. The minimum Gasteiger partial charge on any atom is -0.360 e. The van der Waals surface area contributed by atoms with Gasteiger partial charge in [0, 0.05) is 18.2 Å². The largest absolute Gasteiger partial charge is 0.360 e. The Balaban J connectivity index is 1.42. The van der Waals surface area contributed by atoms with E-state index in [0.29, 0.717) is 19.0 Å². The lowest BCUT2D eigenvalue weighted by atomic mass is 9.96. The Morgan fingerprint density at radius 2 is 1.78 bits per heavy atom. The molecule has 2 aromatic rings. The molecule has 1 aliphatic heterocycles. The minimum atomic E-state index is -0.208. The van der Waals surface area contributed by atoms with Gasteiger partial charge in [0.1, 0.15) is 5.82 Å². The Labute approximate surface area is 161 Å². The number of benzene rings is 2. The summed E-state index contributed by atoms with van der Waals surface area (Å²) in [5.41, 5.74) is 2.33. The molecule has 3 rings (SSSR count). The van der Waals surface area contributed by atoms with E-state index in [1.807, 2.05) is 30.3 Å². The summed E-state index contributed by atoms with van der Waals surface area (Å²) in [6.45, 7) is 6.97. The van der Waals surface area contributed by atoms with Crippen LogP contribution in [0.4, 0.5) is 10.1 Å². The van der Waals surface area contributed by atoms with Crippen molar-refractivity contribution in [2.45, 2.75) is 19.3 Å². The quantitative estimate of drug-likeness (QED) is 0.780. The fourth-order valence-electron chi connectivity index (χ4n) is 3.66. The molecule has 144 valence electrons. The van der Waals surface area contributed by atoms with Crippen molar-refractivity contribution in [2.75, 3.05) is 44.2 Å². The number of rotatable bonds is 7. The maximum Gasteiger partial charge on any atom is 0.275 e. The van der Waals surface area contributed by atoms with Crippen LogP contribution in [0.1, 0.15) is 24.8 Å². The summed E-state index contributed by atoms with van der Waals surface area (Å²) in [5.74, 6) is 0.274. The van der Waals surface area contributed by atoms with Gasteiger partial charge in [-0.3, -0.25) is 4.79 Å². The highest BCUT2D eigenvalue weighted by Crippen LogP contribution is 2.18. The molecule has 2 N–H and O–H groups in total. The van der Waals surface area contributed by atoms with Crippen LogP contribution in [0.2, 0.25) is 0 Å². The molecule has 0 saturated carbocycles. The van der Waals surface area contributed by atoms with Crippen LogP contribution in [0.5, 0.6) is 0 Å².